The fourth-order valence-electron chi connectivity index (χ4n) is 2.56. The van der Waals surface area contributed by atoms with E-state index < -0.39 is 6.10 Å². The molecule has 0 aliphatic heterocycles. The van der Waals surface area contributed by atoms with Crippen LogP contribution in [0.1, 0.15) is 43.4 Å². The van der Waals surface area contributed by atoms with Crippen molar-refractivity contribution in [1.29, 1.82) is 0 Å². The molecule has 0 aliphatic carbocycles. The molecule has 2 aromatic rings. The first kappa shape index (κ1) is 18.1. The predicted molar refractivity (Wildman–Crippen MR) is 99.7 cm³/mol. The van der Waals surface area contributed by atoms with Gasteiger partial charge >= 0.3 is 0 Å². The number of hydrogen-bond acceptors (Lipinski definition) is 2. The van der Waals surface area contributed by atoms with Gasteiger partial charge in [0.15, 0.2) is 6.10 Å². The Balaban J connectivity index is 1.93. The van der Waals surface area contributed by atoms with Gasteiger partial charge in [0, 0.05) is 5.69 Å². The quantitative estimate of drug-likeness (QED) is 0.773. The van der Waals surface area contributed by atoms with Gasteiger partial charge in [-0.15, -0.1) is 0 Å². The Hall–Kier alpha value is -2.29. The van der Waals surface area contributed by atoms with E-state index in [-0.39, 0.29) is 5.91 Å². The maximum atomic E-state index is 12.3. The summed E-state index contributed by atoms with van der Waals surface area (Å²) in [6.07, 6.45) is 2.90. The Morgan fingerprint density at radius 2 is 1.83 bits per heavy atom. The number of amides is 1. The van der Waals surface area contributed by atoms with Crippen molar-refractivity contribution in [2.24, 2.45) is 0 Å². The lowest BCUT2D eigenvalue weighted by Crippen LogP contribution is -2.30. The number of aryl methyl sites for hydroxylation is 3. The first-order valence-electron chi connectivity index (χ1n) is 8.63. The second kappa shape index (κ2) is 8.53. The molecule has 0 radical (unpaired) electrons. The average molecular weight is 325 g/mol. The molecule has 2 aromatic carbocycles. The van der Waals surface area contributed by atoms with Crippen LogP contribution in [0.4, 0.5) is 5.69 Å². The zero-order chi connectivity index (χ0) is 17.5. The maximum Gasteiger partial charge on any atom is 0.265 e. The highest BCUT2D eigenvalue weighted by Crippen LogP contribution is 2.20. The number of rotatable bonds is 7. The molecule has 24 heavy (non-hydrogen) atoms. The highest BCUT2D eigenvalue weighted by molar-refractivity contribution is 5.94. The van der Waals surface area contributed by atoms with Gasteiger partial charge in [-0.05, 0) is 62.9 Å². The minimum Gasteiger partial charge on any atom is -0.481 e. The Bertz CT molecular complexity index is 677. The van der Waals surface area contributed by atoms with Crippen molar-refractivity contribution >= 4 is 11.6 Å². The van der Waals surface area contributed by atoms with Crippen LogP contribution in [0.15, 0.2) is 42.5 Å². The number of nitrogens with one attached hydrogen (secondary N) is 1. The van der Waals surface area contributed by atoms with Crippen LogP contribution < -0.4 is 10.1 Å². The van der Waals surface area contributed by atoms with Crippen molar-refractivity contribution in [3.63, 3.8) is 0 Å². The topological polar surface area (TPSA) is 38.3 Å². The van der Waals surface area contributed by atoms with Gasteiger partial charge in [-0.3, -0.25) is 4.79 Å². The molecule has 0 aliphatic rings. The second-order valence-electron chi connectivity index (χ2n) is 6.32. The maximum absolute atomic E-state index is 12.3. The largest absolute Gasteiger partial charge is 0.481 e. The van der Waals surface area contributed by atoms with Crippen molar-refractivity contribution in [2.75, 3.05) is 5.32 Å². The molecule has 0 heterocycles. The van der Waals surface area contributed by atoms with Gasteiger partial charge in [0.05, 0.1) is 0 Å². The number of unbranched alkanes of at least 4 members (excludes halogenated alkanes) is 1. The van der Waals surface area contributed by atoms with E-state index in [0.717, 1.165) is 23.4 Å². The third-order valence-electron chi connectivity index (χ3n) is 4.04. The van der Waals surface area contributed by atoms with Gasteiger partial charge in [-0.25, -0.2) is 0 Å². The van der Waals surface area contributed by atoms with Gasteiger partial charge in [0.2, 0.25) is 0 Å². The molecule has 3 heteroatoms. The van der Waals surface area contributed by atoms with Gasteiger partial charge in [-0.1, -0.05) is 43.2 Å². The first-order chi connectivity index (χ1) is 11.5. The fourth-order valence-corrected chi connectivity index (χ4v) is 2.56. The molecular weight excluding hydrogens is 298 g/mol. The minimum absolute atomic E-state index is 0.142. The van der Waals surface area contributed by atoms with E-state index in [4.69, 9.17) is 4.74 Å². The van der Waals surface area contributed by atoms with Crippen molar-refractivity contribution in [1.82, 2.24) is 0 Å². The average Bonchev–Trinajstić information content (AvgIpc) is 2.56. The zero-order valence-corrected chi connectivity index (χ0v) is 15.1. The molecule has 2 rings (SSSR count). The van der Waals surface area contributed by atoms with E-state index in [1.807, 2.05) is 38.1 Å². The summed E-state index contributed by atoms with van der Waals surface area (Å²) < 4.78 is 5.80. The molecule has 1 N–H and O–H groups in total. The molecule has 0 unspecified atom stereocenters. The monoisotopic (exact) mass is 325 g/mol. The van der Waals surface area contributed by atoms with Crippen LogP contribution in [-0.2, 0) is 11.2 Å². The van der Waals surface area contributed by atoms with Crippen molar-refractivity contribution in [2.45, 2.75) is 53.1 Å². The van der Waals surface area contributed by atoms with Crippen LogP contribution >= 0.6 is 0 Å². The lowest BCUT2D eigenvalue weighted by Gasteiger charge is -2.16. The summed E-state index contributed by atoms with van der Waals surface area (Å²) in [5.41, 5.74) is 4.32. The lowest BCUT2D eigenvalue weighted by atomic mass is 10.1. The highest BCUT2D eigenvalue weighted by atomic mass is 16.5. The van der Waals surface area contributed by atoms with Gasteiger partial charge in [0.1, 0.15) is 5.75 Å². The molecule has 0 saturated heterocycles. The van der Waals surface area contributed by atoms with Crippen LogP contribution in [0.3, 0.4) is 0 Å². The molecule has 1 amide bonds. The summed E-state index contributed by atoms with van der Waals surface area (Å²) in [6.45, 7) is 7.98. The molecule has 0 spiro atoms. The Labute approximate surface area is 145 Å². The van der Waals surface area contributed by atoms with Gasteiger partial charge in [0.25, 0.3) is 5.91 Å². The molecule has 0 aromatic heterocycles. The van der Waals surface area contributed by atoms with Crippen LogP contribution in [0.2, 0.25) is 0 Å². The summed E-state index contributed by atoms with van der Waals surface area (Å²) in [5.74, 6) is 0.606. The third-order valence-corrected chi connectivity index (χ3v) is 4.04. The van der Waals surface area contributed by atoms with Crippen molar-refractivity contribution < 1.29 is 9.53 Å². The van der Waals surface area contributed by atoms with Gasteiger partial charge in [-0.2, -0.15) is 0 Å². The van der Waals surface area contributed by atoms with Crippen molar-refractivity contribution in [3.8, 4) is 5.75 Å². The number of carbonyl (C=O) groups is 1. The summed E-state index contributed by atoms with van der Waals surface area (Å²) in [5, 5.41) is 2.91. The lowest BCUT2D eigenvalue weighted by molar-refractivity contribution is -0.122. The highest BCUT2D eigenvalue weighted by Gasteiger charge is 2.15. The summed E-state index contributed by atoms with van der Waals surface area (Å²) in [6, 6.07) is 14.0. The van der Waals surface area contributed by atoms with Crippen LogP contribution in [0, 0.1) is 13.8 Å². The number of benzene rings is 2. The zero-order valence-electron chi connectivity index (χ0n) is 15.1. The second-order valence-corrected chi connectivity index (χ2v) is 6.32. The van der Waals surface area contributed by atoms with E-state index in [9.17, 15) is 4.79 Å². The SMILES string of the molecule is CCCCc1ccc(NC(=O)[C@@H](C)Oc2ccc(C)cc2C)cc1. The third kappa shape index (κ3) is 5.12. The Kier molecular flexibility index (Phi) is 6.42. The van der Waals surface area contributed by atoms with Crippen molar-refractivity contribution in [3.05, 3.63) is 59.2 Å². The van der Waals surface area contributed by atoms with Crippen LogP contribution in [0.5, 0.6) is 5.75 Å². The molecule has 128 valence electrons. The molecular formula is C21H27NO2. The Morgan fingerprint density at radius 1 is 1.12 bits per heavy atom. The van der Waals surface area contributed by atoms with E-state index in [1.165, 1.54) is 24.0 Å². The van der Waals surface area contributed by atoms with E-state index in [2.05, 4.69) is 30.4 Å². The van der Waals surface area contributed by atoms with E-state index >= 15 is 0 Å². The number of hydrogen-bond donors (Lipinski definition) is 1. The normalized spacial score (nSPS) is 11.8. The molecule has 0 fully saturated rings. The van der Waals surface area contributed by atoms with Gasteiger partial charge < -0.3 is 10.1 Å². The summed E-state index contributed by atoms with van der Waals surface area (Å²) in [4.78, 5) is 12.3. The molecule has 3 nitrogen and oxygen atoms in total. The molecule has 1 atom stereocenters. The fraction of sp³-hybridized carbons (Fsp3) is 0.381. The standard InChI is InChI=1S/C21H27NO2/c1-5-6-7-18-9-11-19(12-10-18)22-21(23)17(4)24-20-13-8-15(2)14-16(20)3/h8-14,17H,5-7H2,1-4H3,(H,22,23)/t17-/m1/s1. The number of ether oxygens (including phenoxy) is 1. The predicted octanol–water partition coefficient (Wildman–Crippen LogP) is 5.05. The number of anilines is 1. The molecule has 0 saturated carbocycles. The smallest absolute Gasteiger partial charge is 0.265 e. The summed E-state index contributed by atoms with van der Waals surface area (Å²) in [7, 11) is 0. The summed E-state index contributed by atoms with van der Waals surface area (Å²) >= 11 is 0. The minimum atomic E-state index is -0.550. The van der Waals surface area contributed by atoms with E-state index in [1.54, 1.807) is 6.92 Å². The number of carbonyl (C=O) groups excluding carboxylic acids is 1. The van der Waals surface area contributed by atoms with E-state index in [0.29, 0.717) is 0 Å². The van der Waals surface area contributed by atoms with Crippen LogP contribution in [0.25, 0.3) is 0 Å². The first-order valence-corrected chi connectivity index (χ1v) is 8.63. The Morgan fingerprint density at radius 3 is 2.46 bits per heavy atom. The molecule has 0 bridgehead atoms. The van der Waals surface area contributed by atoms with Crippen LogP contribution in [-0.4, -0.2) is 12.0 Å².